The molecule has 0 rings (SSSR count). The van der Waals surface area contributed by atoms with E-state index in [1.165, 1.54) is 0 Å². The maximum absolute atomic E-state index is 9.00. The van der Waals surface area contributed by atoms with Gasteiger partial charge in [0.05, 0.1) is 19.3 Å². The van der Waals surface area contributed by atoms with E-state index in [0.717, 1.165) is 6.92 Å². The van der Waals surface area contributed by atoms with E-state index in [2.05, 4.69) is 6.58 Å². The molecule has 1 atom stereocenters. The van der Waals surface area contributed by atoms with E-state index in [9.17, 15) is 0 Å². The van der Waals surface area contributed by atoms with Gasteiger partial charge in [0.2, 0.25) is 0 Å². The van der Waals surface area contributed by atoms with E-state index in [-0.39, 0.29) is 6.10 Å². The van der Waals surface area contributed by atoms with Gasteiger partial charge in [0.1, 0.15) is 0 Å². The van der Waals surface area contributed by atoms with Crippen LogP contribution in [0.15, 0.2) is 12.7 Å². The van der Waals surface area contributed by atoms with Crippen molar-refractivity contribution in [2.75, 3.05) is 13.2 Å². The van der Waals surface area contributed by atoms with Gasteiger partial charge in [-0.05, 0) is 6.92 Å². The molecule has 1 unspecified atom stereocenters. The fraction of sp³-hybridized carbons (Fsp3) is 0.625. The predicted octanol–water partition coefficient (Wildman–Crippen LogP) is 0.661. The SMILES string of the molecule is C=CCOCC(C)O.CC(=O)O. The van der Waals surface area contributed by atoms with Crippen LogP contribution in [-0.4, -0.2) is 35.5 Å². The minimum absolute atomic E-state index is 0.366. The highest BCUT2D eigenvalue weighted by molar-refractivity contribution is 5.62. The van der Waals surface area contributed by atoms with Crippen LogP contribution in [0.3, 0.4) is 0 Å². The van der Waals surface area contributed by atoms with Crippen molar-refractivity contribution >= 4 is 5.97 Å². The molecule has 4 heteroatoms. The highest BCUT2D eigenvalue weighted by Crippen LogP contribution is 1.81. The second-order valence-corrected chi connectivity index (χ2v) is 2.19. The molecule has 0 bridgehead atoms. The van der Waals surface area contributed by atoms with Crippen LogP contribution in [0, 0.1) is 0 Å². The van der Waals surface area contributed by atoms with Gasteiger partial charge < -0.3 is 14.9 Å². The zero-order valence-electron chi connectivity index (χ0n) is 7.49. The van der Waals surface area contributed by atoms with Gasteiger partial charge in [-0.3, -0.25) is 4.79 Å². The van der Waals surface area contributed by atoms with E-state index in [0.29, 0.717) is 13.2 Å². The van der Waals surface area contributed by atoms with Crippen LogP contribution in [0.25, 0.3) is 0 Å². The maximum Gasteiger partial charge on any atom is 0.300 e. The zero-order valence-corrected chi connectivity index (χ0v) is 7.49. The number of aliphatic hydroxyl groups is 1. The quantitative estimate of drug-likeness (QED) is 0.488. The Bertz CT molecular complexity index is 116. The molecule has 0 amide bonds. The summed E-state index contributed by atoms with van der Waals surface area (Å²) in [6, 6.07) is 0. The lowest BCUT2D eigenvalue weighted by atomic mass is 10.4. The van der Waals surface area contributed by atoms with E-state index >= 15 is 0 Å². The Labute approximate surface area is 72.5 Å². The smallest absolute Gasteiger partial charge is 0.300 e. The molecule has 0 fully saturated rings. The Morgan fingerprint density at radius 2 is 2.17 bits per heavy atom. The molecule has 0 saturated heterocycles. The molecular formula is C8H16O4. The molecule has 0 radical (unpaired) electrons. The van der Waals surface area contributed by atoms with Gasteiger partial charge in [0.25, 0.3) is 5.97 Å². The number of aliphatic hydroxyl groups excluding tert-OH is 1. The molecule has 0 heterocycles. The molecule has 4 nitrogen and oxygen atoms in total. The summed E-state index contributed by atoms with van der Waals surface area (Å²) < 4.78 is 4.88. The van der Waals surface area contributed by atoms with Crippen LogP contribution in [0.5, 0.6) is 0 Å². The molecular weight excluding hydrogens is 160 g/mol. The second kappa shape index (κ2) is 10.1. The molecule has 0 aromatic heterocycles. The number of carbonyl (C=O) groups is 1. The molecule has 0 aromatic rings. The van der Waals surface area contributed by atoms with Crippen molar-refractivity contribution in [1.29, 1.82) is 0 Å². The highest BCUT2D eigenvalue weighted by atomic mass is 16.5. The van der Waals surface area contributed by atoms with Gasteiger partial charge in [0, 0.05) is 6.92 Å². The van der Waals surface area contributed by atoms with Gasteiger partial charge in [-0.2, -0.15) is 0 Å². The number of ether oxygens (including phenoxy) is 1. The Balaban J connectivity index is 0. The maximum atomic E-state index is 9.00. The number of rotatable bonds is 4. The number of hydrogen-bond acceptors (Lipinski definition) is 3. The van der Waals surface area contributed by atoms with E-state index in [1.807, 2.05) is 0 Å². The van der Waals surface area contributed by atoms with Crippen molar-refractivity contribution in [3.8, 4) is 0 Å². The summed E-state index contributed by atoms with van der Waals surface area (Å²) in [6.45, 7) is 7.13. The highest BCUT2D eigenvalue weighted by Gasteiger charge is 1.90. The molecule has 0 aliphatic heterocycles. The normalized spacial score (nSPS) is 10.9. The molecule has 2 N–H and O–H groups in total. The monoisotopic (exact) mass is 176 g/mol. The number of carboxylic acids is 1. The molecule has 0 aliphatic rings. The molecule has 0 aliphatic carbocycles. The van der Waals surface area contributed by atoms with Gasteiger partial charge in [0.15, 0.2) is 0 Å². The van der Waals surface area contributed by atoms with Crippen LogP contribution in [0.4, 0.5) is 0 Å². The Kier molecular flexibility index (Phi) is 11.6. The largest absolute Gasteiger partial charge is 0.481 e. The van der Waals surface area contributed by atoms with Gasteiger partial charge >= 0.3 is 0 Å². The fourth-order valence-electron chi connectivity index (χ4n) is 0.322. The van der Waals surface area contributed by atoms with E-state index in [4.69, 9.17) is 19.7 Å². The first-order valence-electron chi connectivity index (χ1n) is 3.57. The van der Waals surface area contributed by atoms with Crippen molar-refractivity contribution < 1.29 is 19.7 Å². The first kappa shape index (κ1) is 13.7. The Morgan fingerprint density at radius 1 is 1.75 bits per heavy atom. The van der Waals surface area contributed by atoms with Gasteiger partial charge in [-0.25, -0.2) is 0 Å². The van der Waals surface area contributed by atoms with Gasteiger partial charge in [-0.15, -0.1) is 6.58 Å². The van der Waals surface area contributed by atoms with Crippen LogP contribution in [0.2, 0.25) is 0 Å². The fourth-order valence-corrected chi connectivity index (χ4v) is 0.322. The molecule has 72 valence electrons. The predicted molar refractivity (Wildman–Crippen MR) is 46.0 cm³/mol. The summed E-state index contributed by atoms with van der Waals surface area (Å²) in [5.74, 6) is -0.833. The topological polar surface area (TPSA) is 66.8 Å². The minimum atomic E-state index is -0.833. The average Bonchev–Trinajstić information content (AvgIpc) is 1.86. The van der Waals surface area contributed by atoms with Crippen LogP contribution in [0.1, 0.15) is 13.8 Å². The average molecular weight is 176 g/mol. The van der Waals surface area contributed by atoms with Crippen LogP contribution >= 0.6 is 0 Å². The Hall–Kier alpha value is -0.870. The summed E-state index contributed by atoms with van der Waals surface area (Å²) in [5.41, 5.74) is 0. The summed E-state index contributed by atoms with van der Waals surface area (Å²) in [4.78, 5) is 9.00. The third kappa shape index (κ3) is 35.4. The zero-order chi connectivity index (χ0) is 9.98. The summed E-state index contributed by atoms with van der Waals surface area (Å²) in [7, 11) is 0. The lowest BCUT2D eigenvalue weighted by Crippen LogP contribution is -2.09. The third-order valence-corrected chi connectivity index (χ3v) is 0.595. The van der Waals surface area contributed by atoms with Crippen molar-refractivity contribution in [3.05, 3.63) is 12.7 Å². The lowest BCUT2D eigenvalue weighted by Gasteiger charge is -2.01. The van der Waals surface area contributed by atoms with E-state index < -0.39 is 5.97 Å². The summed E-state index contributed by atoms with van der Waals surface area (Å²) >= 11 is 0. The van der Waals surface area contributed by atoms with Gasteiger partial charge in [-0.1, -0.05) is 6.08 Å². The molecule has 0 aromatic carbocycles. The second-order valence-electron chi connectivity index (χ2n) is 2.19. The molecule has 0 spiro atoms. The van der Waals surface area contributed by atoms with Crippen LogP contribution < -0.4 is 0 Å². The number of hydrogen-bond donors (Lipinski definition) is 2. The first-order chi connectivity index (χ1) is 5.50. The standard InChI is InChI=1S/C6H12O2.C2H4O2/c1-3-4-8-5-6(2)7;1-2(3)4/h3,6-7H,1,4-5H2,2H3;1H3,(H,3,4). The lowest BCUT2D eigenvalue weighted by molar-refractivity contribution is -0.134. The minimum Gasteiger partial charge on any atom is -0.481 e. The molecule has 12 heavy (non-hydrogen) atoms. The van der Waals surface area contributed by atoms with Crippen molar-refractivity contribution in [2.45, 2.75) is 20.0 Å². The summed E-state index contributed by atoms with van der Waals surface area (Å²) in [6.07, 6.45) is 1.29. The summed E-state index contributed by atoms with van der Waals surface area (Å²) in [5, 5.41) is 16.0. The van der Waals surface area contributed by atoms with Crippen molar-refractivity contribution in [2.24, 2.45) is 0 Å². The van der Waals surface area contributed by atoms with Crippen molar-refractivity contribution in [3.63, 3.8) is 0 Å². The number of aliphatic carboxylic acids is 1. The molecule has 0 saturated carbocycles. The van der Waals surface area contributed by atoms with Crippen molar-refractivity contribution in [1.82, 2.24) is 0 Å². The van der Waals surface area contributed by atoms with Crippen LogP contribution in [-0.2, 0) is 9.53 Å². The number of carboxylic acid groups (broad SMARTS) is 1. The first-order valence-corrected chi connectivity index (χ1v) is 3.57. The Morgan fingerprint density at radius 3 is 2.42 bits per heavy atom. The third-order valence-electron chi connectivity index (χ3n) is 0.595. The van der Waals surface area contributed by atoms with E-state index in [1.54, 1.807) is 13.0 Å².